The predicted molar refractivity (Wildman–Crippen MR) is 88.3 cm³/mol. The number of phenols is 1. The van der Waals surface area contributed by atoms with Crippen LogP contribution in [0.2, 0.25) is 0 Å². The molecule has 0 radical (unpaired) electrons. The van der Waals surface area contributed by atoms with E-state index in [9.17, 15) is 9.50 Å². The number of rotatable bonds is 3. The number of aromatic hydroxyl groups is 1. The molecule has 3 rings (SSSR count). The Morgan fingerprint density at radius 1 is 1.30 bits per heavy atom. The number of piperidine rings is 1. The first-order valence-corrected chi connectivity index (χ1v) is 7.76. The van der Waals surface area contributed by atoms with Crippen molar-refractivity contribution in [2.45, 2.75) is 25.6 Å². The number of aryl methyl sites for hydroxylation is 1. The zero-order valence-corrected chi connectivity index (χ0v) is 13.3. The molecule has 2 atom stereocenters. The highest BCUT2D eigenvalue weighted by molar-refractivity contribution is 5.69. The van der Waals surface area contributed by atoms with Gasteiger partial charge in [-0.1, -0.05) is 12.1 Å². The lowest BCUT2D eigenvalue weighted by molar-refractivity contribution is 0.157. The van der Waals surface area contributed by atoms with Crippen LogP contribution in [-0.4, -0.2) is 52.6 Å². The zero-order valence-electron chi connectivity index (χ0n) is 13.3. The normalized spacial score (nSPS) is 22.0. The standard InChI is InChI=1S/C17H21FN4O/c1-11-9-16(19-14-10-22(2)8-7-13(14)18)20-21-17(11)12-5-3-4-6-15(12)23/h3-6,9,13-14,23H,7-8,10H2,1-2H3,(H,19,20)/t13-,14-/m0/s1. The summed E-state index contributed by atoms with van der Waals surface area (Å²) in [5.74, 6) is 0.730. The molecule has 6 heteroatoms. The first-order chi connectivity index (χ1) is 11.0. The molecule has 0 saturated carbocycles. The van der Waals surface area contributed by atoms with Crippen molar-refractivity contribution in [1.29, 1.82) is 0 Å². The molecule has 1 aromatic carbocycles. The van der Waals surface area contributed by atoms with Gasteiger partial charge in [-0.05, 0) is 44.2 Å². The smallest absolute Gasteiger partial charge is 0.149 e. The number of likely N-dealkylation sites (tertiary alicyclic amines) is 1. The Bertz CT molecular complexity index is 694. The molecule has 1 aliphatic heterocycles. The van der Waals surface area contributed by atoms with E-state index >= 15 is 0 Å². The highest BCUT2D eigenvalue weighted by Gasteiger charge is 2.27. The van der Waals surface area contributed by atoms with Gasteiger partial charge >= 0.3 is 0 Å². The fourth-order valence-electron chi connectivity index (χ4n) is 2.91. The van der Waals surface area contributed by atoms with Gasteiger partial charge in [0.25, 0.3) is 0 Å². The third-order valence-electron chi connectivity index (χ3n) is 4.21. The van der Waals surface area contributed by atoms with E-state index in [1.165, 1.54) is 0 Å². The van der Waals surface area contributed by atoms with Gasteiger partial charge in [0.2, 0.25) is 0 Å². The number of likely N-dealkylation sites (N-methyl/N-ethyl adjacent to an activating group) is 1. The van der Waals surface area contributed by atoms with Crippen molar-refractivity contribution in [3.63, 3.8) is 0 Å². The van der Waals surface area contributed by atoms with E-state index in [2.05, 4.69) is 20.4 Å². The van der Waals surface area contributed by atoms with Crippen molar-refractivity contribution >= 4 is 5.82 Å². The number of nitrogens with zero attached hydrogens (tertiary/aromatic N) is 3. The third-order valence-corrected chi connectivity index (χ3v) is 4.21. The number of hydrogen-bond donors (Lipinski definition) is 2. The largest absolute Gasteiger partial charge is 0.507 e. The van der Waals surface area contributed by atoms with Crippen LogP contribution in [0.25, 0.3) is 11.3 Å². The van der Waals surface area contributed by atoms with Gasteiger partial charge in [0, 0.05) is 18.7 Å². The second-order valence-electron chi connectivity index (χ2n) is 6.10. The molecule has 0 spiro atoms. The van der Waals surface area contributed by atoms with Crippen molar-refractivity contribution in [2.75, 3.05) is 25.5 Å². The highest BCUT2D eigenvalue weighted by atomic mass is 19.1. The molecule has 0 unspecified atom stereocenters. The van der Waals surface area contributed by atoms with Crippen LogP contribution in [0.5, 0.6) is 5.75 Å². The van der Waals surface area contributed by atoms with Crippen molar-refractivity contribution < 1.29 is 9.50 Å². The van der Waals surface area contributed by atoms with Gasteiger partial charge < -0.3 is 15.3 Å². The monoisotopic (exact) mass is 316 g/mol. The van der Waals surface area contributed by atoms with Gasteiger partial charge in [0.05, 0.1) is 11.7 Å². The number of anilines is 1. The number of hydrogen-bond acceptors (Lipinski definition) is 5. The second kappa shape index (κ2) is 6.50. The molecule has 0 amide bonds. The first-order valence-electron chi connectivity index (χ1n) is 7.76. The average molecular weight is 316 g/mol. The Hall–Kier alpha value is -2.21. The number of alkyl halides is 1. The van der Waals surface area contributed by atoms with Crippen LogP contribution >= 0.6 is 0 Å². The van der Waals surface area contributed by atoms with E-state index in [0.717, 1.165) is 12.1 Å². The lowest BCUT2D eigenvalue weighted by Gasteiger charge is -2.33. The topological polar surface area (TPSA) is 61.3 Å². The second-order valence-corrected chi connectivity index (χ2v) is 6.10. The fourth-order valence-corrected chi connectivity index (χ4v) is 2.91. The van der Waals surface area contributed by atoms with E-state index in [1.54, 1.807) is 18.2 Å². The van der Waals surface area contributed by atoms with E-state index in [-0.39, 0.29) is 11.8 Å². The van der Waals surface area contributed by atoms with Gasteiger partial charge in [-0.2, -0.15) is 0 Å². The molecule has 2 aromatic rings. The van der Waals surface area contributed by atoms with Crippen molar-refractivity contribution in [2.24, 2.45) is 0 Å². The molecule has 0 aliphatic carbocycles. The third kappa shape index (κ3) is 3.42. The Morgan fingerprint density at radius 2 is 2.09 bits per heavy atom. The van der Waals surface area contributed by atoms with Crippen LogP contribution in [0, 0.1) is 6.92 Å². The number of aromatic nitrogens is 2. The van der Waals surface area contributed by atoms with Crippen LogP contribution in [0.15, 0.2) is 30.3 Å². The Morgan fingerprint density at radius 3 is 2.83 bits per heavy atom. The molecule has 122 valence electrons. The Labute approximate surface area is 135 Å². The van der Waals surface area contributed by atoms with Gasteiger partial charge in [-0.3, -0.25) is 0 Å². The SMILES string of the molecule is Cc1cc(N[C@H]2CN(C)CC[C@@H]2F)nnc1-c1ccccc1O. The average Bonchev–Trinajstić information content (AvgIpc) is 2.52. The van der Waals surface area contributed by atoms with Crippen molar-refractivity contribution in [1.82, 2.24) is 15.1 Å². The maximum atomic E-state index is 14.0. The minimum atomic E-state index is -0.883. The van der Waals surface area contributed by atoms with Crippen LogP contribution in [0.3, 0.4) is 0 Å². The molecule has 1 aromatic heterocycles. The van der Waals surface area contributed by atoms with Gasteiger partial charge in [-0.25, -0.2) is 4.39 Å². The fraction of sp³-hybridized carbons (Fsp3) is 0.412. The minimum Gasteiger partial charge on any atom is -0.507 e. The van der Waals surface area contributed by atoms with Crippen LogP contribution < -0.4 is 5.32 Å². The lowest BCUT2D eigenvalue weighted by Crippen LogP contribution is -2.47. The number of para-hydroxylation sites is 1. The van der Waals surface area contributed by atoms with Crippen LogP contribution in [-0.2, 0) is 0 Å². The molecule has 2 N–H and O–H groups in total. The summed E-state index contributed by atoms with van der Waals surface area (Å²) in [5.41, 5.74) is 2.15. The number of halogens is 1. The summed E-state index contributed by atoms with van der Waals surface area (Å²) >= 11 is 0. The van der Waals surface area contributed by atoms with Crippen LogP contribution in [0.1, 0.15) is 12.0 Å². The summed E-state index contributed by atoms with van der Waals surface area (Å²) < 4.78 is 14.0. The Kier molecular flexibility index (Phi) is 4.43. The van der Waals surface area contributed by atoms with E-state index in [4.69, 9.17) is 0 Å². The first kappa shape index (κ1) is 15.7. The van der Waals surface area contributed by atoms with Crippen molar-refractivity contribution in [3.05, 3.63) is 35.9 Å². The molecular weight excluding hydrogens is 295 g/mol. The number of nitrogens with one attached hydrogen (secondary N) is 1. The zero-order chi connectivity index (χ0) is 16.4. The molecule has 1 saturated heterocycles. The van der Waals surface area contributed by atoms with E-state index < -0.39 is 6.17 Å². The highest BCUT2D eigenvalue weighted by Crippen LogP contribution is 2.29. The molecule has 1 fully saturated rings. The van der Waals surface area contributed by atoms with E-state index in [1.807, 2.05) is 26.1 Å². The van der Waals surface area contributed by atoms with E-state index in [0.29, 0.717) is 30.0 Å². The van der Waals surface area contributed by atoms with Gasteiger partial charge in [-0.15, -0.1) is 10.2 Å². The summed E-state index contributed by atoms with van der Waals surface area (Å²) in [6.07, 6.45) is -0.359. The summed E-state index contributed by atoms with van der Waals surface area (Å²) in [6, 6.07) is 8.59. The lowest BCUT2D eigenvalue weighted by atomic mass is 10.0. The molecule has 23 heavy (non-hydrogen) atoms. The molecule has 0 bridgehead atoms. The molecule has 1 aliphatic rings. The van der Waals surface area contributed by atoms with Gasteiger partial charge in [0.1, 0.15) is 17.7 Å². The number of benzene rings is 1. The Balaban J connectivity index is 1.81. The molecule has 2 heterocycles. The maximum absolute atomic E-state index is 14.0. The molecule has 5 nitrogen and oxygen atoms in total. The van der Waals surface area contributed by atoms with Crippen LogP contribution in [0.4, 0.5) is 10.2 Å². The number of phenolic OH excluding ortho intramolecular Hbond substituents is 1. The summed E-state index contributed by atoms with van der Waals surface area (Å²) in [4.78, 5) is 2.10. The quantitative estimate of drug-likeness (QED) is 0.911. The molecular formula is C17H21FN4O. The summed E-state index contributed by atoms with van der Waals surface area (Å²) in [5, 5.41) is 21.5. The predicted octanol–water partition coefficient (Wildman–Crippen LogP) is 2.61. The maximum Gasteiger partial charge on any atom is 0.149 e. The van der Waals surface area contributed by atoms with Gasteiger partial charge in [0.15, 0.2) is 0 Å². The summed E-state index contributed by atoms with van der Waals surface area (Å²) in [6.45, 7) is 3.32. The minimum absolute atomic E-state index is 0.170. The van der Waals surface area contributed by atoms with Crippen molar-refractivity contribution in [3.8, 4) is 17.0 Å². The summed E-state index contributed by atoms with van der Waals surface area (Å²) in [7, 11) is 1.98.